The van der Waals surface area contributed by atoms with Crippen molar-refractivity contribution in [3.8, 4) is 0 Å². The lowest BCUT2D eigenvalue weighted by Gasteiger charge is -2.21. The second-order valence-corrected chi connectivity index (χ2v) is 5.68. The van der Waals surface area contributed by atoms with Crippen LogP contribution in [0.2, 0.25) is 0 Å². The monoisotopic (exact) mass is 429 g/mol. The van der Waals surface area contributed by atoms with Crippen LogP contribution in [0.4, 0.5) is 0 Å². The molecule has 0 bridgehead atoms. The summed E-state index contributed by atoms with van der Waals surface area (Å²) < 4.78 is 6.97. The average molecular weight is 429 g/mol. The molecule has 6 nitrogen and oxygen atoms in total. The smallest absolute Gasteiger partial charge is 0.194 e. The Morgan fingerprint density at radius 1 is 1.52 bits per heavy atom. The van der Waals surface area contributed by atoms with Crippen LogP contribution in [-0.2, 0) is 13.6 Å². The zero-order valence-corrected chi connectivity index (χ0v) is 15.9. The standard InChI is InChI=1S/C16H23N5O.HI/c1-3-17-16(18-8-13-5-7-22-12-13)21-6-4-14(11-21)15-9-19-20(2)10-15;/h5,7,9-10,12,14H,3-4,6,8,11H2,1-2H3,(H,17,18);1H. The van der Waals surface area contributed by atoms with E-state index in [4.69, 9.17) is 9.41 Å². The molecule has 1 unspecified atom stereocenters. The number of rotatable bonds is 4. The van der Waals surface area contributed by atoms with Gasteiger partial charge >= 0.3 is 0 Å². The number of aromatic nitrogens is 2. The third kappa shape index (κ3) is 4.49. The number of hydrogen-bond donors (Lipinski definition) is 1. The molecule has 1 aliphatic heterocycles. The zero-order chi connectivity index (χ0) is 15.4. The van der Waals surface area contributed by atoms with Gasteiger partial charge < -0.3 is 14.6 Å². The van der Waals surface area contributed by atoms with Crippen molar-refractivity contribution in [2.45, 2.75) is 25.8 Å². The summed E-state index contributed by atoms with van der Waals surface area (Å²) in [5.74, 6) is 1.52. The lowest BCUT2D eigenvalue weighted by molar-refractivity contribution is 0.486. The Kier molecular flexibility index (Phi) is 6.49. The minimum atomic E-state index is 0. The van der Waals surface area contributed by atoms with Gasteiger partial charge in [0.2, 0.25) is 0 Å². The van der Waals surface area contributed by atoms with Crippen molar-refractivity contribution < 1.29 is 4.42 Å². The van der Waals surface area contributed by atoms with Gasteiger partial charge in [-0.3, -0.25) is 4.68 Å². The number of furan rings is 1. The van der Waals surface area contributed by atoms with E-state index in [1.165, 1.54) is 5.56 Å². The Balaban J connectivity index is 0.00000192. The first-order valence-corrected chi connectivity index (χ1v) is 7.79. The lowest BCUT2D eigenvalue weighted by atomic mass is 10.0. The fourth-order valence-corrected chi connectivity index (χ4v) is 2.85. The van der Waals surface area contributed by atoms with Crippen LogP contribution in [0.15, 0.2) is 40.4 Å². The number of halogens is 1. The Morgan fingerprint density at radius 3 is 3.04 bits per heavy atom. The summed E-state index contributed by atoms with van der Waals surface area (Å²) in [7, 11) is 1.96. The summed E-state index contributed by atoms with van der Waals surface area (Å²) in [6, 6.07) is 1.95. The number of aliphatic imine (C=N–C) groups is 1. The predicted molar refractivity (Wildman–Crippen MR) is 101 cm³/mol. The van der Waals surface area contributed by atoms with Crippen LogP contribution in [0.5, 0.6) is 0 Å². The Hall–Kier alpha value is -1.51. The third-order valence-electron chi connectivity index (χ3n) is 4.01. The molecule has 0 saturated carbocycles. The molecule has 0 radical (unpaired) electrons. The maximum Gasteiger partial charge on any atom is 0.194 e. The van der Waals surface area contributed by atoms with E-state index in [9.17, 15) is 0 Å². The van der Waals surface area contributed by atoms with Gasteiger partial charge in [-0.2, -0.15) is 5.10 Å². The summed E-state index contributed by atoms with van der Waals surface area (Å²) >= 11 is 0. The van der Waals surface area contributed by atoms with Crippen LogP contribution >= 0.6 is 24.0 Å². The highest BCUT2D eigenvalue weighted by atomic mass is 127. The zero-order valence-electron chi connectivity index (χ0n) is 13.6. The van der Waals surface area contributed by atoms with E-state index in [0.717, 1.165) is 37.6 Å². The van der Waals surface area contributed by atoms with Crippen LogP contribution in [0.1, 0.15) is 30.4 Å². The highest BCUT2D eigenvalue weighted by Crippen LogP contribution is 2.26. The van der Waals surface area contributed by atoms with E-state index < -0.39 is 0 Å². The molecule has 2 aromatic heterocycles. The van der Waals surface area contributed by atoms with E-state index in [2.05, 4.69) is 28.4 Å². The van der Waals surface area contributed by atoms with Crippen molar-refractivity contribution in [2.24, 2.45) is 12.0 Å². The van der Waals surface area contributed by atoms with Crippen LogP contribution in [0.25, 0.3) is 0 Å². The normalized spacial score (nSPS) is 18.1. The number of aryl methyl sites for hydroxylation is 1. The molecular weight excluding hydrogens is 405 g/mol. The molecule has 0 aliphatic carbocycles. The minimum absolute atomic E-state index is 0. The number of guanidine groups is 1. The number of likely N-dealkylation sites (tertiary alicyclic amines) is 1. The molecule has 23 heavy (non-hydrogen) atoms. The van der Waals surface area contributed by atoms with Crippen molar-refractivity contribution in [3.63, 3.8) is 0 Å². The van der Waals surface area contributed by atoms with Gasteiger partial charge in [-0.25, -0.2) is 4.99 Å². The number of nitrogens with zero attached hydrogens (tertiary/aromatic N) is 4. The second-order valence-electron chi connectivity index (χ2n) is 5.68. The van der Waals surface area contributed by atoms with E-state index in [-0.39, 0.29) is 24.0 Å². The lowest BCUT2D eigenvalue weighted by Crippen LogP contribution is -2.39. The van der Waals surface area contributed by atoms with E-state index in [1.54, 1.807) is 12.5 Å². The fraction of sp³-hybridized carbons (Fsp3) is 0.500. The molecule has 1 atom stereocenters. The van der Waals surface area contributed by atoms with Crippen molar-refractivity contribution in [1.29, 1.82) is 0 Å². The van der Waals surface area contributed by atoms with Crippen LogP contribution in [-0.4, -0.2) is 40.3 Å². The molecule has 2 aromatic rings. The predicted octanol–water partition coefficient (Wildman–Crippen LogP) is 2.59. The molecule has 1 aliphatic rings. The largest absolute Gasteiger partial charge is 0.472 e. The van der Waals surface area contributed by atoms with Crippen LogP contribution in [0, 0.1) is 0 Å². The maximum absolute atomic E-state index is 5.10. The SMILES string of the molecule is CCNC(=NCc1ccoc1)N1CCC(c2cnn(C)c2)C1.I. The van der Waals surface area contributed by atoms with E-state index in [0.29, 0.717) is 12.5 Å². The first-order valence-electron chi connectivity index (χ1n) is 7.79. The first-order chi connectivity index (χ1) is 10.8. The van der Waals surface area contributed by atoms with Crippen molar-refractivity contribution in [2.75, 3.05) is 19.6 Å². The maximum atomic E-state index is 5.10. The molecule has 1 fully saturated rings. The topological polar surface area (TPSA) is 58.6 Å². The third-order valence-corrected chi connectivity index (χ3v) is 4.01. The van der Waals surface area contributed by atoms with Crippen molar-refractivity contribution in [1.82, 2.24) is 20.0 Å². The minimum Gasteiger partial charge on any atom is -0.472 e. The summed E-state index contributed by atoms with van der Waals surface area (Å²) in [6.07, 6.45) is 8.66. The van der Waals surface area contributed by atoms with Gasteiger partial charge in [0.05, 0.1) is 25.3 Å². The Labute approximate surface area is 154 Å². The molecule has 3 rings (SSSR count). The summed E-state index contributed by atoms with van der Waals surface area (Å²) in [6.45, 7) is 5.63. The van der Waals surface area contributed by atoms with Crippen LogP contribution < -0.4 is 5.32 Å². The van der Waals surface area contributed by atoms with Crippen LogP contribution in [0.3, 0.4) is 0 Å². The molecule has 1 N–H and O–H groups in total. The molecular formula is C16H24IN5O. The molecule has 1 saturated heterocycles. The van der Waals surface area contributed by atoms with E-state index in [1.807, 2.05) is 24.0 Å². The van der Waals surface area contributed by atoms with Crippen molar-refractivity contribution >= 4 is 29.9 Å². The summed E-state index contributed by atoms with van der Waals surface area (Å²) in [5, 5.41) is 7.67. The van der Waals surface area contributed by atoms with E-state index >= 15 is 0 Å². The average Bonchev–Trinajstić information content (AvgIpc) is 3.24. The molecule has 7 heteroatoms. The van der Waals surface area contributed by atoms with Gasteiger partial charge in [0.15, 0.2) is 5.96 Å². The quantitative estimate of drug-likeness (QED) is 0.461. The van der Waals surface area contributed by atoms with Gasteiger partial charge in [-0.15, -0.1) is 24.0 Å². The molecule has 3 heterocycles. The summed E-state index contributed by atoms with van der Waals surface area (Å²) in [5.41, 5.74) is 2.41. The Bertz CT molecular complexity index is 622. The summed E-state index contributed by atoms with van der Waals surface area (Å²) in [4.78, 5) is 7.06. The number of nitrogens with one attached hydrogen (secondary N) is 1. The van der Waals surface area contributed by atoms with Gasteiger partial charge in [0.1, 0.15) is 0 Å². The molecule has 0 spiro atoms. The first kappa shape index (κ1) is 17.8. The Morgan fingerprint density at radius 2 is 2.39 bits per heavy atom. The highest BCUT2D eigenvalue weighted by Gasteiger charge is 2.26. The fourth-order valence-electron chi connectivity index (χ4n) is 2.85. The van der Waals surface area contributed by atoms with Gasteiger partial charge in [-0.05, 0) is 25.0 Å². The van der Waals surface area contributed by atoms with Gasteiger partial charge in [0.25, 0.3) is 0 Å². The molecule has 0 amide bonds. The molecule has 0 aromatic carbocycles. The van der Waals surface area contributed by atoms with Crippen molar-refractivity contribution in [3.05, 3.63) is 42.1 Å². The van der Waals surface area contributed by atoms with Gasteiger partial charge in [0, 0.05) is 44.4 Å². The number of hydrogen-bond acceptors (Lipinski definition) is 3. The highest BCUT2D eigenvalue weighted by molar-refractivity contribution is 14.0. The molecule has 126 valence electrons. The van der Waals surface area contributed by atoms with Gasteiger partial charge in [-0.1, -0.05) is 0 Å². The second kappa shape index (κ2) is 8.37.